The van der Waals surface area contributed by atoms with E-state index < -0.39 is 43.9 Å². The Balaban J connectivity index is 2.14. The summed E-state index contributed by atoms with van der Waals surface area (Å²) >= 11 is 6.02. The summed E-state index contributed by atoms with van der Waals surface area (Å²) in [5, 5.41) is 14.0. The van der Waals surface area contributed by atoms with Gasteiger partial charge in [-0.05, 0) is 30.3 Å². The summed E-state index contributed by atoms with van der Waals surface area (Å²) in [5.74, 6) is -1.59. The Bertz CT molecular complexity index is 1280. The van der Waals surface area contributed by atoms with Crippen molar-refractivity contribution in [1.82, 2.24) is 9.62 Å². The fourth-order valence-electron chi connectivity index (χ4n) is 3.10. The van der Waals surface area contributed by atoms with Crippen LogP contribution in [0.15, 0.2) is 46.9 Å². The van der Waals surface area contributed by atoms with Crippen molar-refractivity contribution in [2.45, 2.75) is 4.90 Å². The van der Waals surface area contributed by atoms with E-state index in [0.717, 1.165) is 18.2 Å². The number of methoxy groups -OCH3 is 2. The normalized spacial score (nSPS) is 15.7. The molecule has 1 N–H and O–H groups in total. The summed E-state index contributed by atoms with van der Waals surface area (Å²) in [7, 11) is -2.14. The standard InChI is InChI=1S/C20H18ClN3O8S/c1-31-16-5-3-14(21)8-12(16)7-13-10-22-19(25)11-23(20(13)26)33(29,30)18-9-15(24(27)28)4-6-17(18)32-2/h3-9H,10-11H2,1-2H3,(H,22,25)/b13-7+. The SMILES string of the molecule is COc1ccc(Cl)cc1/C=C1\CNC(=O)CN(S(=O)(=O)c2cc([N+](=O)[O-])ccc2OC)C1=O. The zero-order valence-electron chi connectivity index (χ0n) is 17.4. The number of non-ortho nitro benzene ring substituents is 1. The third kappa shape index (κ3) is 4.91. The number of carbonyl (C=O) groups excluding carboxylic acids is 2. The molecule has 0 spiro atoms. The monoisotopic (exact) mass is 495 g/mol. The number of benzene rings is 2. The molecule has 0 saturated carbocycles. The van der Waals surface area contributed by atoms with Gasteiger partial charge < -0.3 is 14.8 Å². The van der Waals surface area contributed by atoms with Gasteiger partial charge in [-0.15, -0.1) is 0 Å². The van der Waals surface area contributed by atoms with Gasteiger partial charge in [0.05, 0.1) is 19.1 Å². The Morgan fingerprint density at radius 1 is 1.12 bits per heavy atom. The zero-order chi connectivity index (χ0) is 24.3. The second-order valence-corrected chi connectivity index (χ2v) is 9.01. The second-order valence-electron chi connectivity index (χ2n) is 6.74. The molecule has 1 aliphatic rings. The number of ether oxygens (including phenoxy) is 2. The average Bonchev–Trinajstić information content (AvgIpc) is 2.92. The van der Waals surface area contributed by atoms with Gasteiger partial charge in [-0.25, -0.2) is 12.7 Å². The molecule has 2 aromatic rings. The topological polar surface area (TPSA) is 145 Å². The van der Waals surface area contributed by atoms with Gasteiger partial charge in [0, 0.05) is 34.8 Å². The second kappa shape index (κ2) is 9.46. The number of rotatable bonds is 6. The number of nitro benzene ring substituents is 1. The summed E-state index contributed by atoms with van der Waals surface area (Å²) in [6.45, 7) is -1.08. The lowest BCUT2D eigenvalue weighted by molar-refractivity contribution is -0.385. The number of carbonyl (C=O) groups is 2. The molecule has 0 aromatic heterocycles. The Hall–Kier alpha value is -3.64. The van der Waals surface area contributed by atoms with Crippen molar-refractivity contribution in [2.75, 3.05) is 27.3 Å². The summed E-state index contributed by atoms with van der Waals surface area (Å²) < 4.78 is 37.4. The van der Waals surface area contributed by atoms with Crippen LogP contribution in [-0.2, 0) is 19.6 Å². The van der Waals surface area contributed by atoms with Gasteiger partial charge in [0.1, 0.15) is 22.9 Å². The van der Waals surface area contributed by atoms with Crippen molar-refractivity contribution in [3.8, 4) is 11.5 Å². The first-order valence-corrected chi connectivity index (χ1v) is 11.1. The highest BCUT2D eigenvalue weighted by Crippen LogP contribution is 2.32. The van der Waals surface area contributed by atoms with E-state index in [0.29, 0.717) is 20.6 Å². The van der Waals surface area contributed by atoms with Crippen LogP contribution in [0.25, 0.3) is 6.08 Å². The van der Waals surface area contributed by atoms with Crippen LogP contribution in [0.3, 0.4) is 0 Å². The van der Waals surface area contributed by atoms with Gasteiger partial charge in [0.25, 0.3) is 21.6 Å². The first-order chi connectivity index (χ1) is 15.6. The van der Waals surface area contributed by atoms with E-state index >= 15 is 0 Å². The molecule has 3 rings (SSSR count). The maximum atomic E-state index is 13.4. The first kappa shape index (κ1) is 24.0. The summed E-state index contributed by atoms with van der Waals surface area (Å²) in [6, 6.07) is 7.58. The predicted octanol–water partition coefficient (Wildman–Crippen LogP) is 2.00. The lowest BCUT2D eigenvalue weighted by Crippen LogP contribution is -2.40. The molecule has 1 fully saturated rings. The van der Waals surface area contributed by atoms with Crippen LogP contribution in [0.1, 0.15) is 5.56 Å². The number of sulfonamides is 1. The first-order valence-electron chi connectivity index (χ1n) is 9.28. The van der Waals surface area contributed by atoms with Gasteiger partial charge in [-0.2, -0.15) is 0 Å². The molecule has 13 heteroatoms. The molecule has 33 heavy (non-hydrogen) atoms. The van der Waals surface area contributed by atoms with Crippen LogP contribution in [0, 0.1) is 10.1 Å². The highest BCUT2D eigenvalue weighted by atomic mass is 35.5. The van der Waals surface area contributed by atoms with Crippen molar-refractivity contribution >= 4 is 45.2 Å². The van der Waals surface area contributed by atoms with Crippen molar-refractivity contribution in [3.63, 3.8) is 0 Å². The number of hydrogen-bond acceptors (Lipinski definition) is 8. The number of hydrogen-bond donors (Lipinski definition) is 1. The van der Waals surface area contributed by atoms with Crippen molar-refractivity contribution < 1.29 is 32.4 Å². The summed E-state index contributed by atoms with van der Waals surface area (Å²) in [4.78, 5) is 35.3. The molecule has 0 unspecified atom stereocenters. The number of nitrogens with zero attached hydrogens (tertiary/aromatic N) is 2. The molecule has 0 bridgehead atoms. The third-order valence-electron chi connectivity index (χ3n) is 4.71. The maximum Gasteiger partial charge on any atom is 0.271 e. The van der Waals surface area contributed by atoms with Crippen LogP contribution in [0.5, 0.6) is 11.5 Å². The van der Waals surface area contributed by atoms with E-state index in [9.17, 15) is 28.1 Å². The molecule has 1 heterocycles. The van der Waals surface area contributed by atoms with Crippen LogP contribution in [0.4, 0.5) is 5.69 Å². The van der Waals surface area contributed by atoms with E-state index in [1.165, 1.54) is 26.4 Å². The quantitative estimate of drug-likeness (QED) is 0.364. The predicted molar refractivity (Wildman–Crippen MR) is 118 cm³/mol. The average molecular weight is 496 g/mol. The van der Waals surface area contributed by atoms with E-state index in [4.69, 9.17) is 21.1 Å². The molecule has 0 atom stereocenters. The molecule has 1 saturated heterocycles. The molecule has 0 aliphatic carbocycles. The van der Waals surface area contributed by atoms with E-state index in [1.807, 2.05) is 0 Å². The maximum absolute atomic E-state index is 13.4. The molecule has 2 amide bonds. The van der Waals surface area contributed by atoms with Crippen molar-refractivity contribution in [3.05, 3.63) is 62.7 Å². The number of nitrogens with one attached hydrogen (secondary N) is 1. The minimum atomic E-state index is -4.72. The number of halogens is 1. The Morgan fingerprint density at radius 3 is 2.42 bits per heavy atom. The minimum absolute atomic E-state index is 0.0746. The highest BCUT2D eigenvalue weighted by molar-refractivity contribution is 7.89. The third-order valence-corrected chi connectivity index (χ3v) is 6.70. The van der Waals surface area contributed by atoms with Crippen molar-refractivity contribution in [2.24, 2.45) is 0 Å². The van der Waals surface area contributed by atoms with Gasteiger partial charge in [-0.3, -0.25) is 19.7 Å². The molecule has 0 radical (unpaired) electrons. The molecular formula is C20H18ClN3O8S. The van der Waals surface area contributed by atoms with E-state index in [2.05, 4.69) is 5.32 Å². The Labute approximate surface area is 193 Å². The smallest absolute Gasteiger partial charge is 0.271 e. The van der Waals surface area contributed by atoms with Crippen LogP contribution < -0.4 is 14.8 Å². The Morgan fingerprint density at radius 2 is 1.79 bits per heavy atom. The van der Waals surface area contributed by atoms with Gasteiger partial charge in [0.2, 0.25) is 5.91 Å². The highest BCUT2D eigenvalue weighted by Gasteiger charge is 2.38. The summed E-state index contributed by atoms with van der Waals surface area (Å²) in [6.07, 6.45) is 1.35. The lowest BCUT2D eigenvalue weighted by atomic mass is 10.1. The van der Waals surface area contributed by atoms with Gasteiger partial charge in [-0.1, -0.05) is 11.6 Å². The molecule has 1 aliphatic heterocycles. The molecule has 2 aromatic carbocycles. The largest absolute Gasteiger partial charge is 0.496 e. The number of nitro groups is 1. The van der Waals surface area contributed by atoms with E-state index in [1.54, 1.807) is 12.1 Å². The van der Waals surface area contributed by atoms with Crippen LogP contribution in [0.2, 0.25) is 5.02 Å². The fraction of sp³-hybridized carbons (Fsp3) is 0.200. The number of amides is 2. The zero-order valence-corrected chi connectivity index (χ0v) is 19.0. The summed E-state index contributed by atoms with van der Waals surface area (Å²) in [5.41, 5.74) is -0.218. The van der Waals surface area contributed by atoms with Crippen LogP contribution >= 0.6 is 11.6 Å². The fourth-order valence-corrected chi connectivity index (χ4v) is 4.82. The minimum Gasteiger partial charge on any atom is -0.496 e. The van der Waals surface area contributed by atoms with E-state index in [-0.39, 0.29) is 17.9 Å². The molecular weight excluding hydrogens is 478 g/mol. The Kier molecular flexibility index (Phi) is 6.89. The van der Waals surface area contributed by atoms with Gasteiger partial charge in [0.15, 0.2) is 0 Å². The van der Waals surface area contributed by atoms with Gasteiger partial charge >= 0.3 is 0 Å². The molecule has 11 nitrogen and oxygen atoms in total. The molecule has 174 valence electrons. The van der Waals surface area contributed by atoms with Crippen LogP contribution in [-0.4, -0.2) is 56.8 Å². The lowest BCUT2D eigenvalue weighted by Gasteiger charge is -2.21. The van der Waals surface area contributed by atoms with Crippen molar-refractivity contribution in [1.29, 1.82) is 0 Å².